The fourth-order valence-corrected chi connectivity index (χ4v) is 4.84. The Kier molecular flexibility index (Phi) is 9.99. The lowest BCUT2D eigenvalue weighted by molar-refractivity contribution is -0.138. The molecule has 1 fully saturated rings. The van der Waals surface area contributed by atoms with Crippen molar-refractivity contribution in [2.45, 2.75) is 58.0 Å². The Morgan fingerprint density at radius 2 is 1.80 bits per heavy atom. The molecule has 6 nitrogen and oxygen atoms in total. The molecule has 0 aromatic heterocycles. The van der Waals surface area contributed by atoms with Gasteiger partial charge in [0.2, 0.25) is 11.8 Å². The number of halogens is 2. The van der Waals surface area contributed by atoms with Crippen molar-refractivity contribution in [2.24, 2.45) is 0 Å². The Balaban J connectivity index is 1.68. The van der Waals surface area contributed by atoms with Crippen molar-refractivity contribution in [3.63, 3.8) is 0 Å². The molecule has 1 aliphatic heterocycles. The Morgan fingerprint density at radius 1 is 1.06 bits per heavy atom. The van der Waals surface area contributed by atoms with E-state index < -0.39 is 6.04 Å². The van der Waals surface area contributed by atoms with Gasteiger partial charge in [-0.25, -0.2) is 0 Å². The molecule has 2 atom stereocenters. The average molecular weight is 518 g/mol. The van der Waals surface area contributed by atoms with Crippen LogP contribution in [0, 0.1) is 0 Å². The predicted molar refractivity (Wildman–Crippen MR) is 140 cm³/mol. The first-order chi connectivity index (χ1) is 16.8. The van der Waals surface area contributed by atoms with Crippen LogP contribution in [0.1, 0.15) is 55.5 Å². The number of rotatable bonds is 9. The molecule has 0 radical (unpaired) electrons. The van der Waals surface area contributed by atoms with E-state index >= 15 is 0 Å². The van der Waals surface area contributed by atoms with Crippen LogP contribution in [0.5, 0.6) is 0 Å². The Labute approximate surface area is 217 Å². The summed E-state index contributed by atoms with van der Waals surface area (Å²) in [6.07, 6.45) is 3.65. The number of unbranched alkanes of at least 4 members (excludes halogenated alkanes) is 2. The zero-order chi connectivity index (χ0) is 25.4. The van der Waals surface area contributed by atoms with E-state index in [2.05, 4.69) is 12.2 Å². The van der Waals surface area contributed by atoms with Crippen molar-refractivity contribution >= 4 is 40.9 Å². The van der Waals surface area contributed by atoms with E-state index in [4.69, 9.17) is 23.2 Å². The minimum Gasteiger partial charge on any atom is -0.344 e. The second-order valence-electron chi connectivity index (χ2n) is 9.02. The molecule has 0 saturated carbocycles. The van der Waals surface area contributed by atoms with E-state index in [9.17, 15) is 14.4 Å². The number of hydrogen-bond donors (Lipinski definition) is 1. The molecule has 2 aromatic rings. The monoisotopic (exact) mass is 517 g/mol. The molecular weight excluding hydrogens is 485 g/mol. The van der Waals surface area contributed by atoms with Crippen LogP contribution in [0.25, 0.3) is 0 Å². The first-order valence-electron chi connectivity index (χ1n) is 12.2. The third-order valence-corrected chi connectivity index (χ3v) is 6.83. The standard InChI is InChI=1S/C27H33Cl2N3O3/c1-3-4-6-11-25(33)30-24(16-20-9-7-5-8-10-20)27(35)31-14-15-32(19(2)18-31)26(34)22-13-12-21(28)17-23(22)29/h5,7-10,12-13,17,19,24H,3-4,6,11,14-16,18H2,1-2H3,(H,30,33). The number of benzene rings is 2. The van der Waals surface area contributed by atoms with Crippen LogP contribution >= 0.6 is 23.2 Å². The molecule has 2 aromatic carbocycles. The van der Waals surface area contributed by atoms with E-state index in [0.717, 1.165) is 24.8 Å². The summed E-state index contributed by atoms with van der Waals surface area (Å²) < 4.78 is 0. The van der Waals surface area contributed by atoms with Gasteiger partial charge in [-0.2, -0.15) is 0 Å². The number of carbonyl (C=O) groups is 3. The van der Waals surface area contributed by atoms with Crippen molar-refractivity contribution in [1.29, 1.82) is 0 Å². The quantitative estimate of drug-likeness (QED) is 0.477. The van der Waals surface area contributed by atoms with Gasteiger partial charge in [-0.15, -0.1) is 0 Å². The fraction of sp³-hybridized carbons (Fsp3) is 0.444. The third-order valence-electron chi connectivity index (χ3n) is 6.28. The summed E-state index contributed by atoms with van der Waals surface area (Å²) in [7, 11) is 0. The third kappa shape index (κ3) is 7.45. The molecule has 1 N–H and O–H groups in total. The molecular formula is C27H33Cl2N3O3. The molecule has 8 heteroatoms. The molecule has 1 aliphatic rings. The molecule has 0 aliphatic carbocycles. The van der Waals surface area contributed by atoms with Crippen LogP contribution in [-0.2, 0) is 16.0 Å². The summed E-state index contributed by atoms with van der Waals surface area (Å²) >= 11 is 12.2. The Bertz CT molecular complexity index is 1030. The first kappa shape index (κ1) is 27.0. The molecule has 3 rings (SSSR count). The van der Waals surface area contributed by atoms with Crippen molar-refractivity contribution in [1.82, 2.24) is 15.1 Å². The summed E-state index contributed by atoms with van der Waals surface area (Å²) in [6, 6.07) is 13.7. The van der Waals surface area contributed by atoms with Crippen LogP contribution in [0.3, 0.4) is 0 Å². The maximum atomic E-state index is 13.5. The highest BCUT2D eigenvalue weighted by Crippen LogP contribution is 2.24. The van der Waals surface area contributed by atoms with Gasteiger partial charge in [-0.3, -0.25) is 14.4 Å². The van der Waals surface area contributed by atoms with E-state index in [-0.39, 0.29) is 23.8 Å². The topological polar surface area (TPSA) is 69.7 Å². The molecule has 1 heterocycles. The second-order valence-corrected chi connectivity index (χ2v) is 9.87. The predicted octanol–water partition coefficient (Wildman–Crippen LogP) is 4.97. The lowest BCUT2D eigenvalue weighted by Gasteiger charge is -2.41. The van der Waals surface area contributed by atoms with Gasteiger partial charge in [0.1, 0.15) is 6.04 Å². The molecule has 188 valence electrons. The van der Waals surface area contributed by atoms with Crippen LogP contribution in [-0.4, -0.2) is 59.2 Å². The van der Waals surface area contributed by atoms with Crippen molar-refractivity contribution in [2.75, 3.05) is 19.6 Å². The smallest absolute Gasteiger partial charge is 0.255 e. The summed E-state index contributed by atoms with van der Waals surface area (Å²) in [4.78, 5) is 42.7. The van der Waals surface area contributed by atoms with Gasteiger partial charge in [0, 0.05) is 43.5 Å². The van der Waals surface area contributed by atoms with Crippen LogP contribution in [0.4, 0.5) is 0 Å². The highest BCUT2D eigenvalue weighted by Gasteiger charge is 2.34. The van der Waals surface area contributed by atoms with Crippen molar-refractivity contribution < 1.29 is 14.4 Å². The van der Waals surface area contributed by atoms with Crippen molar-refractivity contribution in [3.8, 4) is 0 Å². The highest BCUT2D eigenvalue weighted by atomic mass is 35.5. The van der Waals surface area contributed by atoms with Crippen LogP contribution in [0.2, 0.25) is 10.0 Å². The van der Waals surface area contributed by atoms with E-state index in [1.165, 1.54) is 0 Å². The number of hydrogen-bond acceptors (Lipinski definition) is 3. The molecule has 3 amide bonds. The number of amides is 3. The number of nitrogens with zero attached hydrogens (tertiary/aromatic N) is 2. The van der Waals surface area contributed by atoms with Crippen LogP contribution < -0.4 is 5.32 Å². The zero-order valence-electron chi connectivity index (χ0n) is 20.3. The average Bonchev–Trinajstić information content (AvgIpc) is 2.83. The molecule has 0 bridgehead atoms. The summed E-state index contributed by atoms with van der Waals surface area (Å²) in [6.45, 7) is 5.15. The minimum absolute atomic E-state index is 0.105. The molecule has 35 heavy (non-hydrogen) atoms. The molecule has 0 spiro atoms. The van der Waals surface area contributed by atoms with E-state index in [1.54, 1.807) is 28.0 Å². The molecule has 2 unspecified atom stereocenters. The normalized spacial score (nSPS) is 16.6. The van der Waals surface area contributed by atoms with Gasteiger partial charge >= 0.3 is 0 Å². The minimum atomic E-state index is -0.647. The summed E-state index contributed by atoms with van der Waals surface area (Å²) in [5.74, 6) is -0.413. The lowest BCUT2D eigenvalue weighted by Crippen LogP contribution is -2.59. The summed E-state index contributed by atoms with van der Waals surface area (Å²) in [5, 5.41) is 3.74. The van der Waals surface area contributed by atoms with Gasteiger partial charge in [0.25, 0.3) is 5.91 Å². The Hall–Kier alpha value is -2.57. The second kappa shape index (κ2) is 12.9. The highest BCUT2D eigenvalue weighted by molar-refractivity contribution is 6.36. The first-order valence-corrected chi connectivity index (χ1v) is 12.9. The SMILES string of the molecule is CCCCCC(=O)NC(Cc1ccccc1)C(=O)N1CCN(C(=O)c2ccc(Cl)cc2Cl)C(C)C1. The number of piperazine rings is 1. The lowest BCUT2D eigenvalue weighted by atomic mass is 10.0. The largest absolute Gasteiger partial charge is 0.344 e. The van der Waals surface area contributed by atoms with Gasteiger partial charge in [0.15, 0.2) is 0 Å². The van der Waals surface area contributed by atoms with Gasteiger partial charge < -0.3 is 15.1 Å². The number of nitrogens with one attached hydrogen (secondary N) is 1. The zero-order valence-corrected chi connectivity index (χ0v) is 21.8. The van der Waals surface area contributed by atoms with Crippen LogP contribution in [0.15, 0.2) is 48.5 Å². The van der Waals surface area contributed by atoms with E-state index in [1.807, 2.05) is 37.3 Å². The van der Waals surface area contributed by atoms with Crippen molar-refractivity contribution in [3.05, 3.63) is 69.7 Å². The number of carbonyl (C=O) groups excluding carboxylic acids is 3. The maximum absolute atomic E-state index is 13.5. The van der Waals surface area contributed by atoms with E-state index in [0.29, 0.717) is 48.1 Å². The maximum Gasteiger partial charge on any atom is 0.255 e. The van der Waals surface area contributed by atoms with Gasteiger partial charge in [-0.05, 0) is 37.1 Å². The van der Waals surface area contributed by atoms with Gasteiger partial charge in [0.05, 0.1) is 10.6 Å². The fourth-order valence-electron chi connectivity index (χ4n) is 4.35. The Morgan fingerprint density at radius 3 is 2.46 bits per heavy atom. The van der Waals surface area contributed by atoms with Gasteiger partial charge in [-0.1, -0.05) is 73.3 Å². The molecule has 1 saturated heterocycles. The summed E-state index contributed by atoms with van der Waals surface area (Å²) in [5.41, 5.74) is 1.38.